The lowest BCUT2D eigenvalue weighted by molar-refractivity contribution is -0.121. The molecule has 3 heteroatoms. The summed E-state index contributed by atoms with van der Waals surface area (Å²) in [6, 6.07) is 20.0. The number of nitrogens with one attached hydrogen (secondary N) is 1. The van der Waals surface area contributed by atoms with Crippen molar-refractivity contribution >= 4 is 12.2 Å². The summed E-state index contributed by atoms with van der Waals surface area (Å²) < 4.78 is 0. The predicted octanol–water partition coefficient (Wildman–Crippen LogP) is 5.64. The molecule has 1 amide bonds. The Morgan fingerprint density at radius 2 is 1.18 bits per heavy atom. The van der Waals surface area contributed by atoms with Crippen molar-refractivity contribution in [1.29, 1.82) is 0 Å². The van der Waals surface area contributed by atoms with Crippen LogP contribution in [0.25, 0.3) is 0 Å². The maximum atomic E-state index is 12.9. The highest BCUT2D eigenvalue weighted by molar-refractivity contribution is 5.87. The number of carbonyl (C=O) groups excluding carboxylic acids is 2. The molecule has 0 aromatic heterocycles. The van der Waals surface area contributed by atoms with Crippen LogP contribution in [0.2, 0.25) is 0 Å². The second-order valence-electron chi connectivity index (χ2n) is 7.33. The smallest absolute Gasteiger partial charge is 0.232 e. The molecule has 0 radical (unpaired) electrons. The second kappa shape index (κ2) is 13.7. The van der Waals surface area contributed by atoms with Gasteiger partial charge in [-0.25, -0.2) is 0 Å². The van der Waals surface area contributed by atoms with Gasteiger partial charge in [0.2, 0.25) is 5.91 Å². The van der Waals surface area contributed by atoms with Crippen molar-refractivity contribution in [3.63, 3.8) is 0 Å². The van der Waals surface area contributed by atoms with Gasteiger partial charge in [-0.05, 0) is 24.0 Å². The molecule has 0 heterocycles. The molecule has 0 fully saturated rings. The Kier molecular flexibility index (Phi) is 10.7. The molecule has 3 nitrogen and oxygen atoms in total. The molecular formula is C25H33NO2. The largest absolute Gasteiger partial charge is 0.355 e. The number of aldehydes is 1. The summed E-state index contributed by atoms with van der Waals surface area (Å²) in [6.07, 6.45) is 11.0. The van der Waals surface area contributed by atoms with Crippen molar-refractivity contribution in [2.75, 3.05) is 6.54 Å². The minimum Gasteiger partial charge on any atom is -0.355 e. The minimum absolute atomic E-state index is 0.0765. The summed E-state index contributed by atoms with van der Waals surface area (Å²) in [5, 5.41) is 3.13. The summed E-state index contributed by atoms with van der Waals surface area (Å²) in [6.45, 7) is 0.730. The van der Waals surface area contributed by atoms with Crippen LogP contribution >= 0.6 is 0 Å². The van der Waals surface area contributed by atoms with E-state index in [1.807, 2.05) is 60.7 Å². The van der Waals surface area contributed by atoms with Crippen LogP contribution in [0.3, 0.4) is 0 Å². The van der Waals surface area contributed by atoms with E-state index in [-0.39, 0.29) is 11.8 Å². The molecule has 0 saturated carbocycles. The molecule has 0 unspecified atom stereocenters. The summed E-state index contributed by atoms with van der Waals surface area (Å²) >= 11 is 0. The molecule has 2 aromatic carbocycles. The van der Waals surface area contributed by atoms with Crippen LogP contribution < -0.4 is 5.32 Å². The van der Waals surface area contributed by atoms with Crippen LogP contribution in [-0.2, 0) is 9.59 Å². The van der Waals surface area contributed by atoms with Gasteiger partial charge in [-0.15, -0.1) is 0 Å². The van der Waals surface area contributed by atoms with Gasteiger partial charge in [0.15, 0.2) is 0 Å². The Bertz CT molecular complexity index is 630. The SMILES string of the molecule is O=CCCCCCCCCCCNC(=O)C(c1ccccc1)c1ccccc1. The van der Waals surface area contributed by atoms with Gasteiger partial charge in [0.05, 0.1) is 5.92 Å². The average Bonchev–Trinajstić information content (AvgIpc) is 2.74. The van der Waals surface area contributed by atoms with Crippen LogP contribution in [0, 0.1) is 0 Å². The van der Waals surface area contributed by atoms with E-state index in [1.54, 1.807) is 0 Å². The molecule has 0 bridgehead atoms. The Morgan fingerprint density at radius 1 is 0.714 bits per heavy atom. The molecule has 28 heavy (non-hydrogen) atoms. The highest BCUT2D eigenvalue weighted by atomic mass is 16.1. The number of amides is 1. The number of hydrogen-bond donors (Lipinski definition) is 1. The fourth-order valence-corrected chi connectivity index (χ4v) is 3.51. The predicted molar refractivity (Wildman–Crippen MR) is 115 cm³/mol. The first-order chi connectivity index (χ1) is 13.8. The van der Waals surface area contributed by atoms with E-state index < -0.39 is 0 Å². The third-order valence-corrected chi connectivity index (χ3v) is 5.08. The molecule has 150 valence electrons. The lowest BCUT2D eigenvalue weighted by atomic mass is 9.90. The summed E-state index contributed by atoms with van der Waals surface area (Å²) in [4.78, 5) is 23.1. The van der Waals surface area contributed by atoms with Crippen LogP contribution in [0.4, 0.5) is 0 Å². The molecule has 0 saturated heterocycles. The minimum atomic E-state index is -0.256. The van der Waals surface area contributed by atoms with Crippen molar-refractivity contribution in [1.82, 2.24) is 5.32 Å². The maximum Gasteiger partial charge on any atom is 0.232 e. The van der Waals surface area contributed by atoms with Crippen molar-refractivity contribution in [3.05, 3.63) is 71.8 Å². The van der Waals surface area contributed by atoms with Crippen molar-refractivity contribution in [2.45, 2.75) is 63.7 Å². The summed E-state index contributed by atoms with van der Waals surface area (Å²) in [7, 11) is 0. The second-order valence-corrected chi connectivity index (χ2v) is 7.33. The topological polar surface area (TPSA) is 46.2 Å². The molecule has 0 aliphatic carbocycles. The normalized spacial score (nSPS) is 10.8. The van der Waals surface area contributed by atoms with Gasteiger partial charge in [0.1, 0.15) is 6.29 Å². The molecule has 2 rings (SSSR count). The summed E-state index contributed by atoms with van der Waals surface area (Å²) in [5.41, 5.74) is 2.06. The van der Waals surface area contributed by atoms with Gasteiger partial charge in [0.25, 0.3) is 0 Å². The number of hydrogen-bond acceptors (Lipinski definition) is 2. The lowest BCUT2D eigenvalue weighted by Gasteiger charge is -2.18. The first-order valence-corrected chi connectivity index (χ1v) is 10.6. The van der Waals surface area contributed by atoms with Crippen molar-refractivity contribution in [3.8, 4) is 0 Å². The van der Waals surface area contributed by atoms with Gasteiger partial charge >= 0.3 is 0 Å². The highest BCUT2D eigenvalue weighted by Gasteiger charge is 2.21. The zero-order chi connectivity index (χ0) is 19.9. The van der Waals surface area contributed by atoms with E-state index in [0.717, 1.165) is 49.6 Å². The summed E-state index contributed by atoms with van der Waals surface area (Å²) in [5.74, 6) is -0.179. The van der Waals surface area contributed by atoms with E-state index in [0.29, 0.717) is 6.42 Å². The number of carbonyl (C=O) groups is 2. The van der Waals surface area contributed by atoms with E-state index in [9.17, 15) is 9.59 Å². The van der Waals surface area contributed by atoms with Crippen LogP contribution in [0.1, 0.15) is 74.8 Å². The zero-order valence-corrected chi connectivity index (χ0v) is 16.8. The van der Waals surface area contributed by atoms with Gasteiger partial charge < -0.3 is 10.1 Å². The van der Waals surface area contributed by atoms with E-state index in [4.69, 9.17) is 0 Å². The Labute approximate surface area is 169 Å². The Morgan fingerprint density at radius 3 is 1.68 bits per heavy atom. The Hall–Kier alpha value is -2.42. The molecular weight excluding hydrogens is 346 g/mol. The van der Waals surface area contributed by atoms with Gasteiger partial charge in [0, 0.05) is 13.0 Å². The zero-order valence-electron chi connectivity index (χ0n) is 16.8. The quantitative estimate of drug-likeness (QED) is 0.341. The van der Waals surface area contributed by atoms with E-state index >= 15 is 0 Å². The van der Waals surface area contributed by atoms with Gasteiger partial charge in [-0.1, -0.05) is 99.2 Å². The van der Waals surface area contributed by atoms with Crippen LogP contribution in [0.5, 0.6) is 0 Å². The Balaban J connectivity index is 1.69. The first kappa shape index (κ1) is 21.9. The van der Waals surface area contributed by atoms with E-state index in [1.165, 1.54) is 25.7 Å². The molecule has 0 spiro atoms. The molecule has 0 aliphatic heterocycles. The van der Waals surface area contributed by atoms with Crippen molar-refractivity contribution in [2.24, 2.45) is 0 Å². The molecule has 0 atom stereocenters. The standard InChI is InChI=1S/C25H33NO2/c27-21-15-7-5-3-1-2-4-6-14-20-26-25(28)24(22-16-10-8-11-17-22)23-18-12-9-13-19-23/h8-13,16-19,21,24H,1-7,14-15,20H2,(H,26,28). The van der Waals surface area contributed by atoms with E-state index in [2.05, 4.69) is 5.32 Å². The van der Waals surface area contributed by atoms with Crippen LogP contribution in [-0.4, -0.2) is 18.7 Å². The highest BCUT2D eigenvalue weighted by Crippen LogP contribution is 2.24. The molecule has 2 aromatic rings. The monoisotopic (exact) mass is 379 g/mol. The lowest BCUT2D eigenvalue weighted by Crippen LogP contribution is -2.30. The van der Waals surface area contributed by atoms with Crippen molar-refractivity contribution < 1.29 is 9.59 Å². The van der Waals surface area contributed by atoms with Gasteiger partial charge in [-0.2, -0.15) is 0 Å². The van der Waals surface area contributed by atoms with Gasteiger partial charge in [-0.3, -0.25) is 4.79 Å². The fourth-order valence-electron chi connectivity index (χ4n) is 3.51. The molecule has 0 aliphatic rings. The number of unbranched alkanes of at least 4 members (excludes halogenated alkanes) is 8. The fraction of sp³-hybridized carbons (Fsp3) is 0.440. The third-order valence-electron chi connectivity index (χ3n) is 5.08. The number of benzene rings is 2. The maximum absolute atomic E-state index is 12.9. The molecule has 1 N–H and O–H groups in total. The first-order valence-electron chi connectivity index (χ1n) is 10.6. The van der Waals surface area contributed by atoms with Crippen LogP contribution in [0.15, 0.2) is 60.7 Å². The third kappa shape index (κ3) is 8.08. The average molecular weight is 380 g/mol. The number of rotatable bonds is 14.